The van der Waals surface area contributed by atoms with E-state index in [4.69, 9.17) is 17.3 Å². The van der Waals surface area contributed by atoms with Gasteiger partial charge < -0.3 is 16.0 Å². The number of amides is 1. The molecule has 25 heavy (non-hydrogen) atoms. The van der Waals surface area contributed by atoms with Crippen LogP contribution in [0.2, 0.25) is 5.02 Å². The Balaban J connectivity index is 0.00000288. The van der Waals surface area contributed by atoms with E-state index < -0.39 is 11.7 Å². The van der Waals surface area contributed by atoms with Gasteiger partial charge in [0.2, 0.25) is 5.91 Å². The van der Waals surface area contributed by atoms with Crippen LogP contribution in [0, 0.1) is 5.92 Å². The third-order valence-electron chi connectivity index (χ3n) is 3.78. The minimum absolute atomic E-state index is 0. The average molecular weight is 424 g/mol. The molecular weight excluding hydrogens is 404 g/mol. The molecule has 2 rings (SSSR count). The predicted molar refractivity (Wildman–Crippen MR) is 95.7 cm³/mol. The first-order chi connectivity index (χ1) is 10.7. The van der Waals surface area contributed by atoms with Gasteiger partial charge in [-0.05, 0) is 12.5 Å². The van der Waals surface area contributed by atoms with Crippen molar-refractivity contribution in [1.82, 2.24) is 10.3 Å². The number of nitrogens with one attached hydrogen (secondary N) is 1. The van der Waals surface area contributed by atoms with Gasteiger partial charge in [-0.15, -0.1) is 24.8 Å². The van der Waals surface area contributed by atoms with Crippen molar-refractivity contribution in [3.63, 3.8) is 0 Å². The smallest absolute Gasteiger partial charge is 0.353 e. The number of nitrogens with two attached hydrogens (primary N) is 1. The van der Waals surface area contributed by atoms with Crippen molar-refractivity contribution in [3.05, 3.63) is 22.8 Å². The summed E-state index contributed by atoms with van der Waals surface area (Å²) in [7, 11) is 0. The van der Waals surface area contributed by atoms with Crippen molar-refractivity contribution in [2.24, 2.45) is 11.7 Å². The van der Waals surface area contributed by atoms with Gasteiger partial charge in [0.15, 0.2) is 0 Å². The lowest BCUT2D eigenvalue weighted by atomic mass is 10.1. The van der Waals surface area contributed by atoms with Crippen molar-refractivity contribution < 1.29 is 18.0 Å². The SMILES string of the molecule is CC(CN)C(=O)NC1CCN(c2ncc(C(F)(F)F)cc2Cl)C1.Cl.Cl. The highest BCUT2D eigenvalue weighted by Crippen LogP contribution is 2.34. The van der Waals surface area contributed by atoms with Crippen LogP contribution in [-0.4, -0.2) is 36.6 Å². The molecule has 144 valence electrons. The number of hydrogen-bond donors (Lipinski definition) is 2. The van der Waals surface area contributed by atoms with Crippen LogP contribution in [0.25, 0.3) is 0 Å². The highest BCUT2D eigenvalue weighted by molar-refractivity contribution is 6.33. The van der Waals surface area contributed by atoms with Gasteiger partial charge in [0.1, 0.15) is 5.82 Å². The van der Waals surface area contributed by atoms with E-state index in [-0.39, 0.29) is 54.2 Å². The second-order valence-electron chi connectivity index (χ2n) is 5.60. The molecule has 0 bridgehead atoms. The van der Waals surface area contributed by atoms with Gasteiger partial charge in [0.05, 0.1) is 10.6 Å². The molecule has 1 saturated heterocycles. The Morgan fingerprint density at radius 2 is 2.16 bits per heavy atom. The molecule has 0 spiro atoms. The minimum Gasteiger partial charge on any atom is -0.353 e. The van der Waals surface area contributed by atoms with Crippen molar-refractivity contribution >= 4 is 48.1 Å². The number of nitrogens with zero attached hydrogens (tertiary/aromatic N) is 2. The summed E-state index contributed by atoms with van der Waals surface area (Å²) in [5.41, 5.74) is 4.56. The molecule has 3 N–H and O–H groups in total. The highest BCUT2D eigenvalue weighted by Gasteiger charge is 2.33. The van der Waals surface area contributed by atoms with Crippen LogP contribution >= 0.6 is 36.4 Å². The Hall–Kier alpha value is -0.960. The first-order valence-electron chi connectivity index (χ1n) is 7.20. The fraction of sp³-hybridized carbons (Fsp3) is 0.571. The number of carbonyl (C=O) groups excluding carboxylic acids is 1. The molecule has 1 aromatic rings. The summed E-state index contributed by atoms with van der Waals surface area (Å²) in [6.07, 6.45) is -3.04. The molecule has 1 aromatic heterocycles. The van der Waals surface area contributed by atoms with Gasteiger partial charge in [0.25, 0.3) is 0 Å². The summed E-state index contributed by atoms with van der Waals surface area (Å²) in [5.74, 6) is -0.119. The summed E-state index contributed by atoms with van der Waals surface area (Å²) >= 11 is 5.93. The molecule has 0 radical (unpaired) electrons. The fourth-order valence-electron chi connectivity index (χ4n) is 2.34. The molecule has 1 aliphatic rings. The number of rotatable bonds is 4. The van der Waals surface area contributed by atoms with Gasteiger partial charge in [-0.1, -0.05) is 18.5 Å². The van der Waals surface area contributed by atoms with Crippen LogP contribution < -0.4 is 16.0 Å². The van der Waals surface area contributed by atoms with Crippen LogP contribution in [-0.2, 0) is 11.0 Å². The van der Waals surface area contributed by atoms with Gasteiger partial charge >= 0.3 is 6.18 Å². The molecule has 11 heteroatoms. The van der Waals surface area contributed by atoms with E-state index in [1.165, 1.54) is 0 Å². The zero-order chi connectivity index (χ0) is 17.2. The largest absolute Gasteiger partial charge is 0.417 e. The molecule has 5 nitrogen and oxygen atoms in total. The third kappa shape index (κ3) is 6.06. The quantitative estimate of drug-likeness (QED) is 0.781. The van der Waals surface area contributed by atoms with Crippen LogP contribution in [0.1, 0.15) is 18.9 Å². The summed E-state index contributed by atoms with van der Waals surface area (Å²) < 4.78 is 37.9. The molecule has 1 fully saturated rings. The first kappa shape index (κ1) is 24.0. The number of pyridine rings is 1. The lowest BCUT2D eigenvalue weighted by Crippen LogP contribution is -2.41. The van der Waals surface area contributed by atoms with Crippen molar-refractivity contribution in [2.75, 3.05) is 24.5 Å². The second-order valence-corrected chi connectivity index (χ2v) is 6.01. The molecule has 2 atom stereocenters. The summed E-state index contributed by atoms with van der Waals surface area (Å²) in [6, 6.07) is 0.767. The van der Waals surface area contributed by atoms with Gasteiger partial charge in [0, 0.05) is 37.8 Å². The third-order valence-corrected chi connectivity index (χ3v) is 4.06. The molecule has 2 unspecified atom stereocenters. The van der Waals surface area contributed by atoms with Crippen LogP contribution in [0.5, 0.6) is 0 Å². The van der Waals surface area contributed by atoms with Gasteiger partial charge in [-0.25, -0.2) is 4.98 Å². The minimum atomic E-state index is -4.48. The van der Waals surface area contributed by atoms with Crippen LogP contribution in [0.3, 0.4) is 0 Å². The Kier molecular flexibility index (Phi) is 9.29. The molecule has 1 aliphatic heterocycles. The number of halogens is 6. The van der Waals surface area contributed by atoms with E-state index in [1.54, 1.807) is 11.8 Å². The van der Waals surface area contributed by atoms with E-state index in [0.29, 0.717) is 25.3 Å². The van der Waals surface area contributed by atoms with Gasteiger partial charge in [-0.2, -0.15) is 13.2 Å². The highest BCUT2D eigenvalue weighted by atomic mass is 35.5. The summed E-state index contributed by atoms with van der Waals surface area (Å²) in [4.78, 5) is 17.4. The first-order valence-corrected chi connectivity index (χ1v) is 7.58. The Morgan fingerprint density at radius 1 is 1.52 bits per heavy atom. The van der Waals surface area contributed by atoms with E-state index >= 15 is 0 Å². The lowest BCUT2D eigenvalue weighted by Gasteiger charge is -2.20. The topological polar surface area (TPSA) is 71.2 Å². The second kappa shape index (κ2) is 9.66. The average Bonchev–Trinajstić information content (AvgIpc) is 2.93. The Morgan fingerprint density at radius 3 is 2.68 bits per heavy atom. The van der Waals surface area contributed by atoms with Crippen LogP contribution in [0.4, 0.5) is 19.0 Å². The molecular formula is C14H20Cl3F3N4O. The number of aromatic nitrogens is 1. The van der Waals surface area contributed by atoms with E-state index in [0.717, 1.165) is 12.3 Å². The Labute approximate surface area is 161 Å². The number of alkyl halides is 3. The normalized spacial score (nSPS) is 18.2. The number of carbonyl (C=O) groups is 1. The zero-order valence-corrected chi connectivity index (χ0v) is 15.7. The van der Waals surface area contributed by atoms with Crippen molar-refractivity contribution in [3.8, 4) is 0 Å². The Bertz CT molecular complexity index is 589. The lowest BCUT2D eigenvalue weighted by molar-refractivity contribution is -0.137. The molecule has 2 heterocycles. The van der Waals surface area contributed by atoms with Crippen LogP contribution in [0.15, 0.2) is 12.3 Å². The van der Waals surface area contributed by atoms with Gasteiger partial charge in [-0.3, -0.25) is 4.79 Å². The number of hydrogen-bond acceptors (Lipinski definition) is 4. The monoisotopic (exact) mass is 422 g/mol. The maximum absolute atomic E-state index is 12.6. The predicted octanol–water partition coefficient (Wildman–Crippen LogP) is 2.89. The maximum atomic E-state index is 12.6. The maximum Gasteiger partial charge on any atom is 0.417 e. The summed E-state index contributed by atoms with van der Waals surface area (Å²) in [6.45, 7) is 2.99. The van der Waals surface area contributed by atoms with E-state index in [1.807, 2.05) is 0 Å². The fourth-order valence-corrected chi connectivity index (χ4v) is 2.63. The molecule has 0 saturated carbocycles. The summed E-state index contributed by atoms with van der Waals surface area (Å²) in [5, 5.41) is 2.82. The molecule has 0 aromatic carbocycles. The molecule has 1 amide bonds. The van der Waals surface area contributed by atoms with E-state index in [9.17, 15) is 18.0 Å². The number of anilines is 1. The zero-order valence-electron chi connectivity index (χ0n) is 13.3. The van der Waals surface area contributed by atoms with Crippen molar-refractivity contribution in [2.45, 2.75) is 25.6 Å². The molecule has 0 aliphatic carbocycles. The van der Waals surface area contributed by atoms with E-state index in [2.05, 4.69) is 10.3 Å². The standard InChI is InChI=1S/C14H18ClF3N4O.2ClH/c1-8(5-19)13(23)21-10-2-3-22(7-10)12-11(15)4-9(6-20-12)14(16,17)18;;/h4,6,8,10H,2-3,5,7,19H2,1H3,(H,21,23);2*1H. The van der Waals surface area contributed by atoms with Crippen molar-refractivity contribution in [1.29, 1.82) is 0 Å².